The van der Waals surface area contributed by atoms with Crippen LogP contribution in [-0.2, 0) is 19.2 Å². The van der Waals surface area contributed by atoms with Crippen LogP contribution in [0, 0.1) is 0 Å². The van der Waals surface area contributed by atoms with E-state index in [1.165, 1.54) is 6.92 Å². The highest BCUT2D eigenvalue weighted by Crippen LogP contribution is 2.03. The van der Waals surface area contributed by atoms with Crippen molar-refractivity contribution in [2.75, 3.05) is 13.1 Å². The van der Waals surface area contributed by atoms with Crippen LogP contribution in [0.3, 0.4) is 0 Å². The number of carbonyl (C=O) groups is 4. The molecule has 0 heterocycles. The van der Waals surface area contributed by atoms with E-state index in [2.05, 4.69) is 15.6 Å². The quantitative estimate of drug-likeness (QED) is 0.0761. The van der Waals surface area contributed by atoms with Gasteiger partial charge in [-0.3, -0.25) is 19.4 Å². The molecule has 0 aromatic heterocycles. The Labute approximate surface area is 173 Å². The first kappa shape index (κ1) is 27.0. The Morgan fingerprint density at radius 2 is 1.47 bits per heavy atom. The number of amides is 3. The lowest BCUT2D eigenvalue weighted by atomic mass is 10.1. The number of nitrogens with one attached hydrogen (secondary N) is 3. The number of carboxylic acids is 1. The molecule has 0 rings (SSSR count). The van der Waals surface area contributed by atoms with Crippen molar-refractivity contribution in [2.45, 2.75) is 57.0 Å². The molecule has 5 atom stereocenters. The average molecular weight is 433 g/mol. The van der Waals surface area contributed by atoms with Crippen molar-refractivity contribution in [1.82, 2.24) is 16.0 Å². The highest BCUT2D eigenvalue weighted by molar-refractivity contribution is 5.94. The van der Waals surface area contributed by atoms with Gasteiger partial charge in [0.05, 0.1) is 18.8 Å². The monoisotopic (exact) mass is 433 g/mol. The number of hydrogen-bond donors (Lipinski definition) is 9. The molecule has 14 heteroatoms. The Hall–Kier alpha value is -2.97. The minimum Gasteiger partial charge on any atom is -0.480 e. The predicted octanol–water partition coefficient (Wildman–Crippen LogP) is -4.70. The van der Waals surface area contributed by atoms with Crippen LogP contribution < -0.4 is 33.2 Å². The largest absolute Gasteiger partial charge is 0.480 e. The van der Waals surface area contributed by atoms with Crippen LogP contribution >= 0.6 is 0 Å². The first-order valence-corrected chi connectivity index (χ1v) is 9.15. The van der Waals surface area contributed by atoms with Gasteiger partial charge >= 0.3 is 5.97 Å². The van der Waals surface area contributed by atoms with Crippen LogP contribution in [-0.4, -0.2) is 88.4 Å². The van der Waals surface area contributed by atoms with Crippen LogP contribution in [0.15, 0.2) is 4.99 Å². The topological polar surface area (TPSA) is 255 Å². The molecule has 14 nitrogen and oxygen atoms in total. The van der Waals surface area contributed by atoms with Gasteiger partial charge in [0.1, 0.15) is 12.1 Å². The lowest BCUT2D eigenvalue weighted by Crippen LogP contribution is -2.60. The third kappa shape index (κ3) is 9.99. The van der Waals surface area contributed by atoms with Gasteiger partial charge in [0.2, 0.25) is 17.7 Å². The van der Waals surface area contributed by atoms with Crippen molar-refractivity contribution >= 4 is 29.7 Å². The molecule has 0 saturated heterocycles. The number of aliphatic imine (C=N–C) groups is 1. The van der Waals surface area contributed by atoms with Crippen LogP contribution in [0.1, 0.15) is 26.7 Å². The lowest BCUT2D eigenvalue weighted by molar-refractivity contribution is -0.146. The molecule has 172 valence electrons. The van der Waals surface area contributed by atoms with E-state index in [0.29, 0.717) is 6.42 Å². The first-order chi connectivity index (χ1) is 13.9. The molecule has 0 aliphatic rings. The second-order valence-corrected chi connectivity index (χ2v) is 6.57. The van der Waals surface area contributed by atoms with Crippen molar-refractivity contribution in [2.24, 2.45) is 22.2 Å². The van der Waals surface area contributed by atoms with Crippen LogP contribution in [0.2, 0.25) is 0 Å². The molecule has 0 spiro atoms. The normalized spacial score (nSPS) is 15.6. The fourth-order valence-electron chi connectivity index (χ4n) is 2.32. The zero-order chi connectivity index (χ0) is 23.4. The van der Waals surface area contributed by atoms with E-state index in [-0.39, 0.29) is 25.5 Å². The van der Waals surface area contributed by atoms with Gasteiger partial charge < -0.3 is 48.5 Å². The average Bonchev–Trinajstić information content (AvgIpc) is 2.64. The second kappa shape index (κ2) is 13.3. The fraction of sp³-hybridized carbons (Fsp3) is 0.688. The summed E-state index contributed by atoms with van der Waals surface area (Å²) in [6.07, 6.45) is -2.45. The van der Waals surface area contributed by atoms with Crippen molar-refractivity contribution in [3.05, 3.63) is 0 Å². The smallest absolute Gasteiger partial charge is 0.328 e. The SMILES string of the molecule is CC(O)C(NC(=O)C(NC(=O)C(CCCN=C(N)N)NC(=O)CN)C(C)O)C(=O)O. The summed E-state index contributed by atoms with van der Waals surface area (Å²) < 4.78 is 0. The second-order valence-electron chi connectivity index (χ2n) is 6.57. The maximum absolute atomic E-state index is 12.6. The number of carbonyl (C=O) groups excluding carboxylic acids is 3. The minimum atomic E-state index is -1.65. The molecular weight excluding hydrogens is 402 g/mol. The van der Waals surface area contributed by atoms with Crippen LogP contribution in [0.4, 0.5) is 0 Å². The summed E-state index contributed by atoms with van der Waals surface area (Å²) in [5.74, 6) is -4.11. The van der Waals surface area contributed by atoms with Crippen molar-refractivity contribution in [1.29, 1.82) is 0 Å². The number of hydrogen-bond acceptors (Lipinski definition) is 8. The predicted molar refractivity (Wildman–Crippen MR) is 106 cm³/mol. The Balaban J connectivity index is 5.28. The maximum Gasteiger partial charge on any atom is 0.328 e. The molecule has 0 fully saturated rings. The number of aliphatic hydroxyl groups excluding tert-OH is 2. The van der Waals surface area contributed by atoms with Gasteiger partial charge in [0.25, 0.3) is 0 Å². The number of carboxylic acid groups (broad SMARTS) is 1. The van der Waals surface area contributed by atoms with Gasteiger partial charge in [0, 0.05) is 6.54 Å². The van der Waals surface area contributed by atoms with Gasteiger partial charge in [-0.15, -0.1) is 0 Å². The van der Waals surface area contributed by atoms with Gasteiger partial charge in [0.15, 0.2) is 12.0 Å². The molecule has 0 aromatic rings. The minimum absolute atomic E-state index is 0.0912. The maximum atomic E-state index is 12.6. The fourth-order valence-corrected chi connectivity index (χ4v) is 2.32. The molecule has 12 N–H and O–H groups in total. The number of aliphatic hydroxyl groups is 2. The Morgan fingerprint density at radius 1 is 0.933 bits per heavy atom. The molecule has 30 heavy (non-hydrogen) atoms. The van der Waals surface area contributed by atoms with E-state index in [9.17, 15) is 29.4 Å². The summed E-state index contributed by atoms with van der Waals surface area (Å²) in [5.41, 5.74) is 15.7. The summed E-state index contributed by atoms with van der Waals surface area (Å²) in [6, 6.07) is -4.31. The number of rotatable bonds is 13. The third-order valence-corrected chi connectivity index (χ3v) is 3.89. The van der Waals surface area contributed by atoms with Crippen molar-refractivity contribution in [3.63, 3.8) is 0 Å². The Morgan fingerprint density at radius 3 is 1.90 bits per heavy atom. The van der Waals surface area contributed by atoms with Crippen molar-refractivity contribution in [3.8, 4) is 0 Å². The molecule has 0 aliphatic carbocycles. The highest BCUT2D eigenvalue weighted by Gasteiger charge is 2.33. The van der Waals surface area contributed by atoms with Crippen LogP contribution in [0.5, 0.6) is 0 Å². The van der Waals surface area contributed by atoms with Gasteiger partial charge in [-0.2, -0.15) is 0 Å². The molecular formula is C16H31N7O7. The van der Waals surface area contributed by atoms with Gasteiger partial charge in [-0.25, -0.2) is 4.79 Å². The summed E-state index contributed by atoms with van der Waals surface area (Å²) in [6.45, 7) is 2.16. The van der Waals surface area contributed by atoms with Crippen molar-refractivity contribution < 1.29 is 34.5 Å². The van der Waals surface area contributed by atoms with Crippen LogP contribution in [0.25, 0.3) is 0 Å². The number of nitrogens with zero attached hydrogens (tertiary/aromatic N) is 1. The highest BCUT2D eigenvalue weighted by atomic mass is 16.4. The zero-order valence-corrected chi connectivity index (χ0v) is 16.9. The molecule has 5 unspecified atom stereocenters. The zero-order valence-electron chi connectivity index (χ0n) is 16.9. The summed E-state index contributed by atoms with van der Waals surface area (Å²) in [7, 11) is 0. The van der Waals surface area contributed by atoms with Gasteiger partial charge in [-0.1, -0.05) is 0 Å². The molecule has 0 saturated carbocycles. The molecule has 0 bridgehead atoms. The van der Waals surface area contributed by atoms with E-state index in [1.54, 1.807) is 0 Å². The number of aliphatic carboxylic acids is 1. The van der Waals surface area contributed by atoms with E-state index in [1.807, 2.05) is 5.32 Å². The molecule has 3 amide bonds. The third-order valence-electron chi connectivity index (χ3n) is 3.89. The number of nitrogens with two attached hydrogens (primary N) is 3. The molecule has 0 radical (unpaired) electrons. The molecule has 0 aliphatic heterocycles. The number of guanidine groups is 1. The van der Waals surface area contributed by atoms with E-state index in [0.717, 1.165) is 6.92 Å². The molecule has 0 aromatic carbocycles. The summed E-state index contributed by atoms with van der Waals surface area (Å²) in [4.78, 5) is 51.5. The van der Waals surface area contributed by atoms with E-state index < -0.39 is 54.0 Å². The lowest BCUT2D eigenvalue weighted by Gasteiger charge is -2.26. The van der Waals surface area contributed by atoms with E-state index in [4.69, 9.17) is 22.3 Å². The summed E-state index contributed by atoms with van der Waals surface area (Å²) in [5, 5.41) is 35.1. The summed E-state index contributed by atoms with van der Waals surface area (Å²) >= 11 is 0. The van der Waals surface area contributed by atoms with E-state index >= 15 is 0 Å². The standard InChI is InChI=1S/C16H31N7O7/c1-7(24)11(14(28)23-12(8(2)25)15(29)30)22-13(27)9(21-10(26)6-17)4-3-5-20-16(18)19/h7-9,11-12,24-25H,3-6,17H2,1-2H3,(H,21,26)(H,22,27)(H,23,28)(H,29,30)(H4,18,19,20). The Kier molecular flexibility index (Phi) is 12.0. The Bertz CT molecular complexity index is 635. The van der Waals surface area contributed by atoms with Gasteiger partial charge in [-0.05, 0) is 26.7 Å². The first-order valence-electron chi connectivity index (χ1n) is 9.15.